The van der Waals surface area contributed by atoms with E-state index < -0.39 is 10.0 Å². The molecular formula is C31H33N3O3S. The normalized spacial score (nSPS) is 11.4. The van der Waals surface area contributed by atoms with Gasteiger partial charge in [-0.2, -0.15) is 0 Å². The van der Waals surface area contributed by atoms with Crippen molar-refractivity contribution >= 4 is 15.9 Å². The number of nitrogens with two attached hydrogens (primary N) is 1. The van der Waals surface area contributed by atoms with Crippen LogP contribution in [0, 0.1) is 0 Å². The predicted molar refractivity (Wildman–Crippen MR) is 150 cm³/mol. The van der Waals surface area contributed by atoms with Gasteiger partial charge in [-0.3, -0.25) is 9.69 Å². The van der Waals surface area contributed by atoms with Gasteiger partial charge in [-0.1, -0.05) is 103 Å². The monoisotopic (exact) mass is 527 g/mol. The highest BCUT2D eigenvalue weighted by Crippen LogP contribution is 2.14. The van der Waals surface area contributed by atoms with Crippen LogP contribution in [0.3, 0.4) is 0 Å². The maximum atomic E-state index is 13.7. The van der Waals surface area contributed by atoms with Crippen molar-refractivity contribution in [1.82, 2.24) is 9.80 Å². The van der Waals surface area contributed by atoms with Gasteiger partial charge in [0.05, 0.1) is 11.4 Å². The first-order chi connectivity index (χ1) is 18.4. The van der Waals surface area contributed by atoms with Gasteiger partial charge in [0.15, 0.2) is 0 Å². The fourth-order valence-electron chi connectivity index (χ4n) is 4.35. The van der Waals surface area contributed by atoms with E-state index >= 15 is 0 Å². The van der Waals surface area contributed by atoms with E-state index in [1.165, 1.54) is 12.1 Å². The number of carbonyl (C=O) groups excluding carboxylic acids is 1. The van der Waals surface area contributed by atoms with Crippen LogP contribution in [0.25, 0.3) is 0 Å². The first kappa shape index (κ1) is 27.3. The molecule has 0 aromatic heterocycles. The minimum absolute atomic E-state index is 0.0434. The minimum Gasteiger partial charge on any atom is -0.337 e. The van der Waals surface area contributed by atoms with Gasteiger partial charge in [0.1, 0.15) is 0 Å². The molecule has 4 aromatic carbocycles. The van der Waals surface area contributed by atoms with E-state index in [4.69, 9.17) is 5.14 Å². The van der Waals surface area contributed by atoms with Crippen LogP contribution in [-0.4, -0.2) is 37.2 Å². The topological polar surface area (TPSA) is 83.7 Å². The van der Waals surface area contributed by atoms with Crippen molar-refractivity contribution in [3.63, 3.8) is 0 Å². The summed E-state index contributed by atoms with van der Waals surface area (Å²) in [5.41, 5.74) is 4.30. The van der Waals surface area contributed by atoms with Crippen molar-refractivity contribution in [3.8, 4) is 0 Å². The molecule has 0 saturated carbocycles. The number of nitrogens with zero attached hydrogens (tertiary/aromatic N) is 2. The number of carbonyl (C=O) groups is 1. The molecule has 0 atom stereocenters. The molecule has 0 fully saturated rings. The van der Waals surface area contributed by atoms with Crippen molar-refractivity contribution in [2.24, 2.45) is 5.14 Å². The summed E-state index contributed by atoms with van der Waals surface area (Å²) in [7, 11) is -3.74. The predicted octanol–water partition coefficient (Wildman–Crippen LogP) is 4.61. The molecule has 4 rings (SSSR count). The van der Waals surface area contributed by atoms with Crippen LogP contribution in [0.1, 0.15) is 22.3 Å². The van der Waals surface area contributed by atoms with Gasteiger partial charge in [-0.25, -0.2) is 13.6 Å². The Labute approximate surface area is 225 Å². The first-order valence-electron chi connectivity index (χ1n) is 12.6. The zero-order chi connectivity index (χ0) is 26.8. The second-order valence-corrected chi connectivity index (χ2v) is 10.9. The third-order valence-electron chi connectivity index (χ3n) is 6.35. The number of sulfonamides is 1. The average molecular weight is 528 g/mol. The molecule has 0 aliphatic heterocycles. The van der Waals surface area contributed by atoms with Crippen LogP contribution in [0.4, 0.5) is 0 Å². The molecule has 196 valence electrons. The van der Waals surface area contributed by atoms with E-state index in [0.29, 0.717) is 32.6 Å². The SMILES string of the molecule is NS(=O)(=O)c1ccc(CCN(Cc2ccccc2)C(=O)CN(Cc2ccccc2)Cc2ccccc2)cc1. The standard InChI is InChI=1S/C31H33N3O3S/c32-38(36,37)30-18-16-26(17-19-30)20-21-34(24-29-14-8-3-9-15-29)31(35)25-33(22-27-10-4-1-5-11-27)23-28-12-6-2-7-13-28/h1-19H,20-25H2,(H2,32,36,37). The summed E-state index contributed by atoms with van der Waals surface area (Å²) >= 11 is 0. The van der Waals surface area contributed by atoms with Crippen LogP contribution < -0.4 is 5.14 Å². The highest BCUT2D eigenvalue weighted by Gasteiger charge is 2.19. The molecule has 2 N–H and O–H groups in total. The van der Waals surface area contributed by atoms with E-state index in [-0.39, 0.29) is 17.3 Å². The van der Waals surface area contributed by atoms with E-state index in [2.05, 4.69) is 29.2 Å². The van der Waals surface area contributed by atoms with Crippen LogP contribution in [0.15, 0.2) is 120 Å². The molecule has 7 heteroatoms. The Bertz CT molecular complexity index is 1350. The van der Waals surface area contributed by atoms with Crippen LogP contribution in [-0.2, 0) is 40.9 Å². The van der Waals surface area contributed by atoms with E-state index in [0.717, 1.165) is 22.3 Å². The maximum Gasteiger partial charge on any atom is 0.238 e. The quantitative estimate of drug-likeness (QED) is 0.292. The summed E-state index contributed by atoms with van der Waals surface area (Å²) in [4.78, 5) is 17.9. The van der Waals surface area contributed by atoms with E-state index in [1.807, 2.05) is 71.6 Å². The zero-order valence-corrected chi connectivity index (χ0v) is 22.1. The van der Waals surface area contributed by atoms with Crippen LogP contribution in [0.2, 0.25) is 0 Å². The molecular weight excluding hydrogens is 494 g/mol. The molecule has 0 saturated heterocycles. The number of amides is 1. The van der Waals surface area contributed by atoms with Gasteiger partial charge in [-0.05, 0) is 40.8 Å². The third-order valence-corrected chi connectivity index (χ3v) is 7.28. The molecule has 0 spiro atoms. The molecule has 38 heavy (non-hydrogen) atoms. The molecule has 0 bridgehead atoms. The van der Waals surface area contributed by atoms with Gasteiger partial charge in [-0.15, -0.1) is 0 Å². The Morgan fingerprint density at radius 1 is 0.605 bits per heavy atom. The van der Waals surface area contributed by atoms with Gasteiger partial charge in [0, 0.05) is 26.2 Å². The summed E-state index contributed by atoms with van der Waals surface area (Å²) in [6, 6.07) is 36.8. The molecule has 4 aromatic rings. The molecule has 0 aliphatic rings. The van der Waals surface area contributed by atoms with Crippen molar-refractivity contribution in [1.29, 1.82) is 0 Å². The number of benzene rings is 4. The smallest absolute Gasteiger partial charge is 0.238 e. The lowest BCUT2D eigenvalue weighted by Gasteiger charge is -2.28. The fourth-order valence-corrected chi connectivity index (χ4v) is 4.86. The van der Waals surface area contributed by atoms with Gasteiger partial charge in [0.2, 0.25) is 15.9 Å². The zero-order valence-electron chi connectivity index (χ0n) is 21.3. The highest BCUT2D eigenvalue weighted by atomic mass is 32.2. The summed E-state index contributed by atoms with van der Waals surface area (Å²) < 4.78 is 23.2. The molecule has 0 unspecified atom stereocenters. The lowest BCUT2D eigenvalue weighted by atomic mass is 10.1. The number of rotatable bonds is 12. The van der Waals surface area contributed by atoms with Gasteiger partial charge >= 0.3 is 0 Å². The second-order valence-electron chi connectivity index (χ2n) is 9.36. The Kier molecular flexibility index (Phi) is 9.43. The summed E-state index contributed by atoms with van der Waals surface area (Å²) in [6.45, 7) is 2.61. The lowest BCUT2D eigenvalue weighted by Crippen LogP contribution is -2.40. The molecule has 0 aliphatic carbocycles. The Morgan fingerprint density at radius 2 is 1.05 bits per heavy atom. The highest BCUT2D eigenvalue weighted by molar-refractivity contribution is 7.89. The summed E-state index contributed by atoms with van der Waals surface area (Å²) in [5, 5.41) is 5.23. The fraction of sp³-hybridized carbons (Fsp3) is 0.194. The van der Waals surface area contributed by atoms with Gasteiger partial charge < -0.3 is 4.90 Å². The number of hydrogen-bond donors (Lipinski definition) is 1. The third kappa shape index (κ3) is 8.38. The molecule has 1 amide bonds. The van der Waals surface area contributed by atoms with Crippen molar-refractivity contribution in [2.75, 3.05) is 13.1 Å². The van der Waals surface area contributed by atoms with Crippen LogP contribution in [0.5, 0.6) is 0 Å². The molecule has 0 heterocycles. The Hall–Kier alpha value is -3.78. The maximum absolute atomic E-state index is 13.7. The number of primary sulfonamides is 1. The number of hydrogen-bond acceptors (Lipinski definition) is 4. The Balaban J connectivity index is 1.50. The summed E-state index contributed by atoms with van der Waals surface area (Å²) in [6.07, 6.45) is 0.598. The first-order valence-corrected chi connectivity index (χ1v) is 14.1. The minimum atomic E-state index is -3.74. The second kappa shape index (κ2) is 13.1. The van der Waals surface area contributed by atoms with Crippen molar-refractivity contribution in [3.05, 3.63) is 138 Å². The molecule has 6 nitrogen and oxygen atoms in total. The van der Waals surface area contributed by atoms with Crippen molar-refractivity contribution < 1.29 is 13.2 Å². The average Bonchev–Trinajstić information content (AvgIpc) is 2.92. The summed E-state index contributed by atoms with van der Waals surface area (Å²) in [5.74, 6) is 0.0434. The van der Waals surface area contributed by atoms with E-state index in [1.54, 1.807) is 12.1 Å². The largest absolute Gasteiger partial charge is 0.337 e. The lowest BCUT2D eigenvalue weighted by molar-refractivity contribution is -0.133. The van der Waals surface area contributed by atoms with Crippen molar-refractivity contribution in [2.45, 2.75) is 31.0 Å². The molecule has 0 radical (unpaired) electrons. The Morgan fingerprint density at radius 3 is 1.50 bits per heavy atom. The van der Waals surface area contributed by atoms with Crippen LogP contribution >= 0.6 is 0 Å². The van der Waals surface area contributed by atoms with Gasteiger partial charge in [0.25, 0.3) is 0 Å². The van der Waals surface area contributed by atoms with E-state index in [9.17, 15) is 13.2 Å².